The number of halogens is 3. The molecular formula is C22H15Cl3N2O5. The second-order valence-corrected chi connectivity index (χ2v) is 8.15. The summed E-state index contributed by atoms with van der Waals surface area (Å²) in [6.07, 6.45) is -1.14. The van der Waals surface area contributed by atoms with E-state index in [1.807, 2.05) is 0 Å². The Morgan fingerprint density at radius 2 is 1.62 bits per heavy atom. The standard InChI is InChI=1S/C22H15Cl3N2O5/c23-12-3-1-11(2-4-12)20(30)15-9-14(5-6-18(15)28)32-21-16(24)7-13(8-17(21)25)27-19(29)10-26-22(27)31/h1-9,20,28,30H,10H2,(H,26,31). The van der Waals surface area contributed by atoms with E-state index in [4.69, 9.17) is 39.5 Å². The molecule has 4 rings (SSSR count). The molecule has 0 saturated carbocycles. The van der Waals surface area contributed by atoms with Crippen LogP contribution in [-0.4, -0.2) is 28.7 Å². The van der Waals surface area contributed by atoms with Gasteiger partial charge in [0.05, 0.1) is 22.3 Å². The normalized spacial score (nSPS) is 14.4. The number of rotatable bonds is 5. The van der Waals surface area contributed by atoms with Crippen LogP contribution in [0.15, 0.2) is 54.6 Å². The molecule has 1 aliphatic rings. The fraction of sp³-hybridized carbons (Fsp3) is 0.0909. The highest BCUT2D eigenvalue weighted by Crippen LogP contribution is 2.41. The molecule has 0 bridgehead atoms. The maximum absolute atomic E-state index is 11.9. The van der Waals surface area contributed by atoms with Crippen LogP contribution >= 0.6 is 34.8 Å². The van der Waals surface area contributed by atoms with E-state index in [0.717, 1.165) is 4.90 Å². The number of amides is 3. The second-order valence-electron chi connectivity index (χ2n) is 6.90. The minimum absolute atomic E-state index is 0.0628. The number of hydrogen-bond donors (Lipinski definition) is 3. The summed E-state index contributed by atoms with van der Waals surface area (Å²) in [7, 11) is 0. The van der Waals surface area contributed by atoms with Crippen LogP contribution in [0.5, 0.6) is 17.2 Å². The number of ether oxygens (including phenoxy) is 1. The van der Waals surface area contributed by atoms with Gasteiger partial charge < -0.3 is 20.3 Å². The zero-order valence-corrected chi connectivity index (χ0v) is 18.4. The minimum Gasteiger partial charge on any atom is -0.508 e. The van der Waals surface area contributed by atoms with Gasteiger partial charge in [0, 0.05) is 10.6 Å². The van der Waals surface area contributed by atoms with Crippen LogP contribution in [0.4, 0.5) is 10.5 Å². The van der Waals surface area contributed by atoms with Crippen molar-refractivity contribution in [1.29, 1.82) is 0 Å². The van der Waals surface area contributed by atoms with Crippen LogP contribution in [0.3, 0.4) is 0 Å². The number of nitrogens with zero attached hydrogens (tertiary/aromatic N) is 1. The third-order valence-corrected chi connectivity index (χ3v) is 5.60. The quantitative estimate of drug-likeness (QED) is 0.420. The lowest BCUT2D eigenvalue weighted by molar-refractivity contribution is -0.115. The molecule has 3 aromatic carbocycles. The lowest BCUT2D eigenvalue weighted by Crippen LogP contribution is -2.30. The zero-order chi connectivity index (χ0) is 23.0. The number of benzene rings is 3. The number of nitrogens with one attached hydrogen (secondary N) is 1. The number of carbonyl (C=O) groups excluding carboxylic acids is 2. The van der Waals surface area contributed by atoms with E-state index in [9.17, 15) is 19.8 Å². The van der Waals surface area contributed by atoms with Gasteiger partial charge >= 0.3 is 6.03 Å². The summed E-state index contributed by atoms with van der Waals surface area (Å²) in [4.78, 5) is 24.7. The van der Waals surface area contributed by atoms with Crippen LogP contribution in [0, 0.1) is 0 Å². The SMILES string of the molecule is O=C1CNC(=O)N1c1cc(Cl)c(Oc2ccc(O)c(C(O)c3ccc(Cl)cc3)c2)c(Cl)c1. The average Bonchev–Trinajstić information content (AvgIpc) is 3.09. The Hall–Kier alpha value is -2.97. The van der Waals surface area contributed by atoms with Crippen LogP contribution in [-0.2, 0) is 4.79 Å². The Morgan fingerprint density at radius 3 is 2.22 bits per heavy atom. The number of aliphatic hydroxyl groups excluding tert-OH is 1. The van der Waals surface area contributed by atoms with Gasteiger partial charge in [0.15, 0.2) is 5.75 Å². The molecule has 3 aromatic rings. The topological polar surface area (TPSA) is 99.1 Å². The van der Waals surface area contributed by atoms with Crippen molar-refractivity contribution in [3.05, 3.63) is 80.8 Å². The van der Waals surface area contributed by atoms with Crippen molar-refractivity contribution >= 4 is 52.4 Å². The fourth-order valence-corrected chi connectivity index (χ4v) is 3.89. The maximum atomic E-state index is 11.9. The lowest BCUT2D eigenvalue weighted by atomic mass is 10.0. The number of aliphatic hydroxyl groups is 1. The van der Waals surface area contributed by atoms with Gasteiger partial charge in [0.1, 0.15) is 17.6 Å². The molecular weight excluding hydrogens is 479 g/mol. The molecule has 164 valence electrons. The van der Waals surface area contributed by atoms with Gasteiger partial charge in [0.2, 0.25) is 0 Å². The molecule has 0 radical (unpaired) electrons. The molecule has 1 saturated heterocycles. The highest BCUT2D eigenvalue weighted by Gasteiger charge is 2.31. The summed E-state index contributed by atoms with van der Waals surface area (Å²) in [5.41, 5.74) is 0.931. The smallest absolute Gasteiger partial charge is 0.329 e. The Morgan fingerprint density at radius 1 is 0.969 bits per heavy atom. The number of phenolic OH excluding ortho intramolecular Hbond substituents is 1. The highest BCUT2D eigenvalue weighted by molar-refractivity contribution is 6.38. The predicted molar refractivity (Wildman–Crippen MR) is 121 cm³/mol. The van der Waals surface area contributed by atoms with Crippen molar-refractivity contribution in [2.24, 2.45) is 0 Å². The predicted octanol–water partition coefficient (Wildman–Crippen LogP) is 5.28. The van der Waals surface area contributed by atoms with Crippen molar-refractivity contribution in [2.45, 2.75) is 6.10 Å². The summed E-state index contributed by atoms with van der Waals surface area (Å²) >= 11 is 18.5. The van der Waals surface area contributed by atoms with E-state index >= 15 is 0 Å². The van der Waals surface area contributed by atoms with Gasteiger partial charge in [0.25, 0.3) is 5.91 Å². The maximum Gasteiger partial charge on any atom is 0.329 e. The molecule has 1 unspecified atom stereocenters. The number of urea groups is 1. The van der Waals surface area contributed by atoms with Gasteiger partial charge in [-0.1, -0.05) is 46.9 Å². The van der Waals surface area contributed by atoms with Crippen LogP contribution in [0.25, 0.3) is 0 Å². The molecule has 0 aliphatic carbocycles. The highest BCUT2D eigenvalue weighted by atomic mass is 35.5. The van der Waals surface area contributed by atoms with Crippen molar-refractivity contribution in [3.8, 4) is 17.2 Å². The second kappa shape index (κ2) is 8.88. The van der Waals surface area contributed by atoms with Gasteiger partial charge in [-0.05, 0) is 48.0 Å². The molecule has 3 N–H and O–H groups in total. The summed E-state index contributed by atoms with van der Waals surface area (Å²) in [6, 6.07) is 13.0. The number of phenols is 1. The number of anilines is 1. The molecule has 1 aliphatic heterocycles. The van der Waals surface area contributed by atoms with E-state index < -0.39 is 18.0 Å². The lowest BCUT2D eigenvalue weighted by Gasteiger charge is -2.17. The van der Waals surface area contributed by atoms with E-state index in [-0.39, 0.29) is 45.1 Å². The minimum atomic E-state index is -1.14. The Balaban J connectivity index is 1.63. The molecule has 1 fully saturated rings. The van der Waals surface area contributed by atoms with Crippen LogP contribution < -0.4 is 15.0 Å². The van der Waals surface area contributed by atoms with Crippen LogP contribution in [0.2, 0.25) is 15.1 Å². The van der Waals surface area contributed by atoms with Crippen molar-refractivity contribution in [2.75, 3.05) is 11.4 Å². The monoisotopic (exact) mass is 492 g/mol. The van der Waals surface area contributed by atoms with Gasteiger partial charge in [-0.25, -0.2) is 9.69 Å². The Bertz CT molecular complexity index is 1180. The van der Waals surface area contributed by atoms with Crippen molar-refractivity contribution in [1.82, 2.24) is 5.32 Å². The molecule has 0 aromatic heterocycles. The molecule has 1 atom stereocenters. The third-order valence-electron chi connectivity index (χ3n) is 4.78. The first-order valence-electron chi connectivity index (χ1n) is 9.28. The van der Waals surface area contributed by atoms with Crippen molar-refractivity contribution in [3.63, 3.8) is 0 Å². The summed E-state index contributed by atoms with van der Waals surface area (Å²) in [6.45, 7) is -0.113. The molecule has 1 heterocycles. The number of hydrogen-bond acceptors (Lipinski definition) is 5. The number of imide groups is 1. The van der Waals surface area contributed by atoms with E-state index in [1.165, 1.54) is 30.3 Å². The Labute approximate surface area is 197 Å². The molecule has 0 spiro atoms. The van der Waals surface area contributed by atoms with Gasteiger partial charge in [-0.3, -0.25) is 4.79 Å². The average molecular weight is 494 g/mol. The Kier molecular flexibility index (Phi) is 6.17. The zero-order valence-electron chi connectivity index (χ0n) is 16.2. The molecule has 32 heavy (non-hydrogen) atoms. The fourth-order valence-electron chi connectivity index (χ4n) is 3.21. The summed E-state index contributed by atoms with van der Waals surface area (Å²) < 4.78 is 5.80. The third kappa shape index (κ3) is 4.33. The van der Waals surface area contributed by atoms with E-state index in [2.05, 4.69) is 5.32 Å². The van der Waals surface area contributed by atoms with Gasteiger partial charge in [-0.15, -0.1) is 0 Å². The van der Waals surface area contributed by atoms with Crippen LogP contribution in [0.1, 0.15) is 17.2 Å². The summed E-state index contributed by atoms with van der Waals surface area (Å²) in [5, 5.41) is 24.0. The first-order chi connectivity index (χ1) is 15.2. The van der Waals surface area contributed by atoms with E-state index in [0.29, 0.717) is 10.6 Å². The largest absolute Gasteiger partial charge is 0.508 e. The molecule has 3 amide bonds. The first kappa shape index (κ1) is 22.2. The summed E-state index contributed by atoms with van der Waals surface area (Å²) in [5.74, 6) is -0.236. The molecule has 7 nitrogen and oxygen atoms in total. The van der Waals surface area contributed by atoms with E-state index in [1.54, 1.807) is 24.3 Å². The number of carbonyl (C=O) groups is 2. The molecule has 10 heteroatoms. The van der Waals surface area contributed by atoms with Gasteiger partial charge in [-0.2, -0.15) is 0 Å². The first-order valence-corrected chi connectivity index (χ1v) is 10.4. The van der Waals surface area contributed by atoms with Crippen molar-refractivity contribution < 1.29 is 24.5 Å². The number of aromatic hydroxyl groups is 1.